The molecule has 0 fully saturated rings. The fourth-order valence-corrected chi connectivity index (χ4v) is 1.36. The molecule has 0 aromatic heterocycles. The summed E-state index contributed by atoms with van der Waals surface area (Å²) in [5.74, 6) is -1.66. The second-order valence-corrected chi connectivity index (χ2v) is 4.14. The van der Waals surface area contributed by atoms with Crippen molar-refractivity contribution in [2.24, 2.45) is 0 Å². The van der Waals surface area contributed by atoms with Gasteiger partial charge in [0.05, 0.1) is 5.69 Å². The average molecular weight is 305 g/mol. The van der Waals surface area contributed by atoms with E-state index in [2.05, 4.69) is 26.6 Å². The Morgan fingerprint density at radius 2 is 2.12 bits per heavy atom. The predicted octanol–water partition coefficient (Wildman–Crippen LogP) is 2.18. The molecule has 0 radical (unpaired) electrons. The number of carbonyl (C=O) groups is 2. The summed E-state index contributed by atoms with van der Waals surface area (Å²) in [5.41, 5.74) is 0.222. The number of amides is 2. The number of benzene rings is 1. The monoisotopic (exact) mass is 304 g/mol. The molecular formula is C10H10BrFN2O3. The molecule has 3 N–H and O–H groups in total. The van der Waals surface area contributed by atoms with Crippen molar-refractivity contribution in [3.05, 3.63) is 28.5 Å². The lowest BCUT2D eigenvalue weighted by atomic mass is 10.3. The van der Waals surface area contributed by atoms with E-state index in [1.165, 1.54) is 19.1 Å². The molecule has 17 heavy (non-hydrogen) atoms. The van der Waals surface area contributed by atoms with Crippen molar-refractivity contribution in [1.29, 1.82) is 0 Å². The number of anilines is 1. The number of halogens is 2. The van der Waals surface area contributed by atoms with Crippen molar-refractivity contribution in [1.82, 2.24) is 5.32 Å². The number of nitrogens with one attached hydrogen (secondary N) is 2. The van der Waals surface area contributed by atoms with Crippen LogP contribution in [0, 0.1) is 5.82 Å². The predicted molar refractivity (Wildman–Crippen MR) is 63.4 cm³/mol. The number of hydrogen-bond donors (Lipinski definition) is 3. The largest absolute Gasteiger partial charge is 0.480 e. The summed E-state index contributed by atoms with van der Waals surface area (Å²) in [6, 6.07) is 2.04. The van der Waals surface area contributed by atoms with Gasteiger partial charge in [-0.15, -0.1) is 0 Å². The maximum atomic E-state index is 12.9. The average Bonchev–Trinajstić information content (AvgIpc) is 2.23. The maximum absolute atomic E-state index is 12.9. The first-order valence-corrected chi connectivity index (χ1v) is 5.45. The highest BCUT2D eigenvalue weighted by Gasteiger charge is 2.14. The third-order valence-electron chi connectivity index (χ3n) is 1.89. The maximum Gasteiger partial charge on any atom is 0.325 e. The molecule has 1 unspecified atom stereocenters. The van der Waals surface area contributed by atoms with Gasteiger partial charge >= 0.3 is 12.0 Å². The van der Waals surface area contributed by atoms with Gasteiger partial charge in [-0.1, -0.05) is 0 Å². The van der Waals surface area contributed by atoms with E-state index in [1.807, 2.05) is 0 Å². The van der Waals surface area contributed by atoms with Gasteiger partial charge in [-0.3, -0.25) is 4.79 Å². The van der Waals surface area contributed by atoms with Crippen LogP contribution in [0.1, 0.15) is 6.92 Å². The Kier molecular flexibility index (Phi) is 4.45. The fraction of sp³-hybridized carbons (Fsp3) is 0.200. The first-order chi connectivity index (χ1) is 7.90. The van der Waals surface area contributed by atoms with Crippen LogP contribution in [0.5, 0.6) is 0 Å². The molecule has 0 aliphatic heterocycles. The molecule has 1 aromatic carbocycles. The highest BCUT2D eigenvalue weighted by Crippen LogP contribution is 2.22. The van der Waals surface area contributed by atoms with E-state index in [0.717, 1.165) is 6.07 Å². The van der Waals surface area contributed by atoms with Crippen LogP contribution in [0.4, 0.5) is 14.9 Å². The highest BCUT2D eigenvalue weighted by atomic mass is 79.9. The minimum absolute atomic E-state index is 0.222. The lowest BCUT2D eigenvalue weighted by molar-refractivity contribution is -0.138. The Balaban J connectivity index is 2.68. The molecule has 0 spiro atoms. The molecule has 0 aliphatic rings. The van der Waals surface area contributed by atoms with Gasteiger partial charge < -0.3 is 15.7 Å². The van der Waals surface area contributed by atoms with E-state index in [9.17, 15) is 14.0 Å². The lowest BCUT2D eigenvalue weighted by Gasteiger charge is -2.11. The van der Waals surface area contributed by atoms with Gasteiger partial charge in [-0.25, -0.2) is 9.18 Å². The summed E-state index contributed by atoms with van der Waals surface area (Å²) in [4.78, 5) is 21.9. The molecular weight excluding hydrogens is 295 g/mol. The molecule has 92 valence electrons. The SMILES string of the molecule is CC(NC(=O)Nc1cc(F)ccc1Br)C(=O)O. The number of carboxylic acid groups (broad SMARTS) is 1. The molecule has 1 rings (SSSR count). The van der Waals surface area contributed by atoms with Crippen LogP contribution in [0.15, 0.2) is 22.7 Å². The Hall–Kier alpha value is -1.63. The number of carboxylic acids is 1. The third-order valence-corrected chi connectivity index (χ3v) is 2.59. The highest BCUT2D eigenvalue weighted by molar-refractivity contribution is 9.10. The minimum Gasteiger partial charge on any atom is -0.480 e. The number of hydrogen-bond acceptors (Lipinski definition) is 2. The molecule has 7 heteroatoms. The van der Waals surface area contributed by atoms with Crippen molar-refractivity contribution in [3.63, 3.8) is 0 Å². The molecule has 1 atom stereocenters. The van der Waals surface area contributed by atoms with Crippen molar-refractivity contribution in [3.8, 4) is 0 Å². The second kappa shape index (κ2) is 5.62. The van der Waals surface area contributed by atoms with E-state index in [4.69, 9.17) is 5.11 Å². The van der Waals surface area contributed by atoms with Crippen LogP contribution < -0.4 is 10.6 Å². The third kappa shape index (κ3) is 4.03. The molecule has 2 amide bonds. The molecule has 0 heterocycles. The van der Waals surface area contributed by atoms with Crippen molar-refractivity contribution >= 4 is 33.6 Å². The van der Waals surface area contributed by atoms with E-state index in [-0.39, 0.29) is 5.69 Å². The molecule has 1 aromatic rings. The summed E-state index contributed by atoms with van der Waals surface area (Å²) >= 11 is 3.13. The van der Waals surface area contributed by atoms with E-state index in [0.29, 0.717) is 4.47 Å². The van der Waals surface area contributed by atoms with E-state index in [1.54, 1.807) is 0 Å². The van der Waals surface area contributed by atoms with Crippen LogP contribution in [-0.4, -0.2) is 23.1 Å². The minimum atomic E-state index is -1.15. The number of aliphatic carboxylic acids is 1. The van der Waals surface area contributed by atoms with Crippen LogP contribution >= 0.6 is 15.9 Å². The smallest absolute Gasteiger partial charge is 0.325 e. The van der Waals surface area contributed by atoms with Crippen LogP contribution in [0.2, 0.25) is 0 Å². The van der Waals surface area contributed by atoms with Gasteiger partial charge in [0.2, 0.25) is 0 Å². The van der Waals surface area contributed by atoms with Gasteiger partial charge in [-0.2, -0.15) is 0 Å². The van der Waals surface area contributed by atoms with Crippen LogP contribution in [0.3, 0.4) is 0 Å². The topological polar surface area (TPSA) is 78.4 Å². The Bertz CT molecular complexity index is 453. The lowest BCUT2D eigenvalue weighted by Crippen LogP contribution is -2.40. The number of urea groups is 1. The zero-order valence-electron chi connectivity index (χ0n) is 8.83. The van der Waals surface area contributed by atoms with Gasteiger partial charge in [0.15, 0.2) is 0 Å². The normalized spacial score (nSPS) is 11.7. The second-order valence-electron chi connectivity index (χ2n) is 3.28. The van der Waals surface area contributed by atoms with E-state index < -0.39 is 23.9 Å². The molecule has 0 bridgehead atoms. The van der Waals surface area contributed by atoms with E-state index >= 15 is 0 Å². The Labute approximate surface area is 105 Å². The van der Waals surface area contributed by atoms with Crippen molar-refractivity contribution in [2.45, 2.75) is 13.0 Å². The van der Waals surface area contributed by atoms with Crippen molar-refractivity contribution in [2.75, 3.05) is 5.32 Å². The summed E-state index contributed by atoms with van der Waals surface area (Å²) in [6.45, 7) is 1.32. The number of carbonyl (C=O) groups excluding carboxylic acids is 1. The van der Waals surface area contributed by atoms with Gasteiger partial charge in [0.1, 0.15) is 11.9 Å². The Morgan fingerprint density at radius 3 is 2.71 bits per heavy atom. The molecule has 5 nitrogen and oxygen atoms in total. The summed E-state index contributed by atoms with van der Waals surface area (Å²) in [6.07, 6.45) is 0. The van der Waals surface area contributed by atoms with Crippen molar-refractivity contribution < 1.29 is 19.1 Å². The quantitative estimate of drug-likeness (QED) is 0.801. The van der Waals surface area contributed by atoms with Crippen LogP contribution in [0.25, 0.3) is 0 Å². The van der Waals surface area contributed by atoms with Gasteiger partial charge in [-0.05, 0) is 41.1 Å². The first kappa shape index (κ1) is 13.4. The van der Waals surface area contributed by atoms with Gasteiger partial charge in [0.25, 0.3) is 0 Å². The summed E-state index contributed by atoms with van der Waals surface area (Å²) in [5, 5.41) is 13.1. The van der Waals surface area contributed by atoms with Gasteiger partial charge in [0, 0.05) is 4.47 Å². The van der Waals surface area contributed by atoms with Crippen LogP contribution in [-0.2, 0) is 4.79 Å². The summed E-state index contributed by atoms with van der Waals surface area (Å²) in [7, 11) is 0. The standard InChI is InChI=1S/C10H10BrFN2O3/c1-5(9(15)16)13-10(17)14-8-4-6(12)2-3-7(8)11/h2-5H,1H3,(H,15,16)(H2,13,14,17). The fourth-order valence-electron chi connectivity index (χ4n) is 1.01. The Morgan fingerprint density at radius 1 is 1.47 bits per heavy atom. The molecule has 0 aliphatic carbocycles. The summed E-state index contributed by atoms with van der Waals surface area (Å²) < 4.78 is 13.4. The first-order valence-electron chi connectivity index (χ1n) is 4.65. The number of rotatable bonds is 3. The molecule has 0 saturated heterocycles. The molecule has 0 saturated carbocycles. The zero-order chi connectivity index (χ0) is 13.0. The zero-order valence-corrected chi connectivity index (χ0v) is 10.4.